The lowest BCUT2D eigenvalue weighted by molar-refractivity contribution is -0.173. The molecule has 21 heavy (non-hydrogen) atoms. The molecule has 7 heteroatoms. The molecule has 0 aliphatic heterocycles. The van der Waals surface area contributed by atoms with E-state index in [0.29, 0.717) is 11.3 Å². The number of hydrogen-bond donors (Lipinski definition) is 2. The Balaban J connectivity index is 2.69. The summed E-state index contributed by atoms with van der Waals surface area (Å²) in [4.78, 5) is 22.5. The van der Waals surface area contributed by atoms with E-state index in [0.717, 1.165) is 0 Å². The summed E-state index contributed by atoms with van der Waals surface area (Å²) in [5.41, 5.74) is 0.341. The highest BCUT2D eigenvalue weighted by Gasteiger charge is 2.38. The molecule has 1 aromatic rings. The molecule has 116 valence electrons. The number of nitrogens with one attached hydrogen (secondary N) is 2. The van der Waals surface area contributed by atoms with E-state index in [1.54, 1.807) is 44.3 Å². The van der Waals surface area contributed by atoms with Gasteiger partial charge in [0.25, 0.3) is 0 Å². The normalized spacial score (nSPS) is 11.9. The smallest absolute Gasteiger partial charge is 0.344 e. The lowest BCUT2D eigenvalue weighted by Gasteiger charge is -2.18. The molecule has 0 heterocycles. The van der Waals surface area contributed by atoms with Gasteiger partial charge >= 0.3 is 12.1 Å². The van der Waals surface area contributed by atoms with E-state index in [1.807, 2.05) is 0 Å². The van der Waals surface area contributed by atoms with Crippen LogP contribution in [-0.2, 0) is 16.1 Å². The summed E-state index contributed by atoms with van der Waals surface area (Å²) >= 11 is 0. The minimum absolute atomic E-state index is 0.209. The average Bonchev–Trinajstić information content (AvgIpc) is 2.34. The summed E-state index contributed by atoms with van der Waals surface area (Å²) in [7, 11) is 0. The van der Waals surface area contributed by atoms with Gasteiger partial charge in [0.15, 0.2) is 0 Å². The minimum atomic E-state index is -4.90. The SMILES string of the molecule is CC(C)(C)C(=O)Nc1cccc(CNC(=O)C(F)(F)F)c1. The number of carbonyl (C=O) groups excluding carboxylic acids is 2. The lowest BCUT2D eigenvalue weighted by Crippen LogP contribution is -2.36. The fourth-order valence-corrected chi connectivity index (χ4v) is 1.36. The molecular formula is C14H17F3N2O2. The third-order valence-corrected chi connectivity index (χ3v) is 2.58. The molecule has 0 saturated carbocycles. The highest BCUT2D eigenvalue weighted by Crippen LogP contribution is 2.19. The van der Waals surface area contributed by atoms with Crippen LogP contribution in [0.25, 0.3) is 0 Å². The number of benzene rings is 1. The molecule has 0 unspecified atom stereocenters. The van der Waals surface area contributed by atoms with Crippen molar-refractivity contribution in [2.45, 2.75) is 33.5 Å². The molecule has 0 fully saturated rings. The van der Waals surface area contributed by atoms with Gasteiger partial charge < -0.3 is 10.6 Å². The second-order valence-corrected chi connectivity index (χ2v) is 5.58. The maximum absolute atomic E-state index is 12.1. The highest BCUT2D eigenvalue weighted by atomic mass is 19.4. The number of anilines is 1. The van der Waals surface area contributed by atoms with E-state index >= 15 is 0 Å². The van der Waals surface area contributed by atoms with Gasteiger partial charge in [-0.1, -0.05) is 32.9 Å². The van der Waals surface area contributed by atoms with Crippen LogP contribution in [0.1, 0.15) is 26.3 Å². The fraction of sp³-hybridized carbons (Fsp3) is 0.429. The maximum Gasteiger partial charge on any atom is 0.471 e. The summed E-state index contributed by atoms with van der Waals surface area (Å²) in [5, 5.41) is 4.44. The number of carbonyl (C=O) groups is 2. The predicted octanol–water partition coefficient (Wildman–Crippen LogP) is 2.85. The van der Waals surface area contributed by atoms with E-state index in [1.165, 1.54) is 6.07 Å². The van der Waals surface area contributed by atoms with Gasteiger partial charge in [0.1, 0.15) is 0 Å². The Labute approximate surface area is 120 Å². The van der Waals surface area contributed by atoms with Gasteiger partial charge in [-0.25, -0.2) is 0 Å². The Morgan fingerprint density at radius 1 is 1.10 bits per heavy atom. The zero-order valence-corrected chi connectivity index (χ0v) is 12.0. The quantitative estimate of drug-likeness (QED) is 0.902. The first kappa shape index (κ1) is 17.0. The molecule has 1 aromatic carbocycles. The highest BCUT2D eigenvalue weighted by molar-refractivity contribution is 5.94. The van der Waals surface area contributed by atoms with Crippen molar-refractivity contribution in [2.75, 3.05) is 5.32 Å². The van der Waals surface area contributed by atoms with Crippen molar-refractivity contribution in [3.63, 3.8) is 0 Å². The van der Waals surface area contributed by atoms with Crippen molar-refractivity contribution >= 4 is 17.5 Å². The van der Waals surface area contributed by atoms with Gasteiger partial charge in [0, 0.05) is 17.6 Å². The molecule has 2 amide bonds. The summed E-state index contributed by atoms with van der Waals surface area (Å²) in [6.07, 6.45) is -4.90. The van der Waals surface area contributed by atoms with Crippen molar-refractivity contribution in [3.8, 4) is 0 Å². The Hall–Kier alpha value is -2.05. The van der Waals surface area contributed by atoms with Crippen LogP contribution in [0.4, 0.5) is 18.9 Å². The van der Waals surface area contributed by atoms with Crippen LogP contribution < -0.4 is 10.6 Å². The summed E-state index contributed by atoms with van der Waals surface area (Å²) in [6, 6.07) is 6.29. The molecule has 0 atom stereocenters. The van der Waals surface area contributed by atoms with Crippen molar-refractivity contribution in [3.05, 3.63) is 29.8 Å². The lowest BCUT2D eigenvalue weighted by atomic mass is 9.95. The van der Waals surface area contributed by atoms with Crippen LogP contribution in [0, 0.1) is 5.41 Å². The largest absolute Gasteiger partial charge is 0.471 e. The molecule has 0 bridgehead atoms. The van der Waals surface area contributed by atoms with E-state index in [4.69, 9.17) is 0 Å². The van der Waals surface area contributed by atoms with Crippen LogP contribution in [0.15, 0.2) is 24.3 Å². The van der Waals surface area contributed by atoms with Crippen LogP contribution in [0.2, 0.25) is 0 Å². The zero-order valence-electron chi connectivity index (χ0n) is 12.0. The molecule has 2 N–H and O–H groups in total. The Morgan fingerprint density at radius 2 is 1.71 bits per heavy atom. The third kappa shape index (κ3) is 5.45. The molecule has 0 spiro atoms. The van der Waals surface area contributed by atoms with Crippen LogP contribution >= 0.6 is 0 Å². The Kier molecular flexibility index (Phi) is 4.98. The molecule has 4 nitrogen and oxygen atoms in total. The van der Waals surface area contributed by atoms with E-state index in [2.05, 4.69) is 5.32 Å². The van der Waals surface area contributed by atoms with Crippen molar-refractivity contribution in [1.29, 1.82) is 0 Å². The average molecular weight is 302 g/mol. The van der Waals surface area contributed by atoms with Crippen LogP contribution in [-0.4, -0.2) is 18.0 Å². The van der Waals surface area contributed by atoms with Crippen molar-refractivity contribution in [1.82, 2.24) is 5.32 Å². The van der Waals surface area contributed by atoms with Gasteiger partial charge in [-0.15, -0.1) is 0 Å². The van der Waals surface area contributed by atoms with E-state index in [-0.39, 0.29) is 12.5 Å². The molecule has 0 radical (unpaired) electrons. The molecule has 0 aliphatic rings. The third-order valence-electron chi connectivity index (χ3n) is 2.58. The number of hydrogen-bond acceptors (Lipinski definition) is 2. The molecule has 0 aromatic heterocycles. The van der Waals surface area contributed by atoms with Crippen molar-refractivity contribution < 1.29 is 22.8 Å². The monoisotopic (exact) mass is 302 g/mol. The number of rotatable bonds is 3. The second kappa shape index (κ2) is 6.15. The number of alkyl halides is 3. The molecular weight excluding hydrogens is 285 g/mol. The minimum Gasteiger partial charge on any atom is -0.344 e. The second-order valence-electron chi connectivity index (χ2n) is 5.58. The molecule has 1 rings (SSSR count). The van der Waals surface area contributed by atoms with E-state index < -0.39 is 17.5 Å². The van der Waals surface area contributed by atoms with Gasteiger partial charge in [-0.2, -0.15) is 13.2 Å². The fourth-order valence-electron chi connectivity index (χ4n) is 1.36. The van der Waals surface area contributed by atoms with E-state index in [9.17, 15) is 22.8 Å². The summed E-state index contributed by atoms with van der Waals surface area (Å²) in [5.74, 6) is -2.20. The summed E-state index contributed by atoms with van der Waals surface area (Å²) in [6.45, 7) is 4.97. The standard InChI is InChI=1S/C14H17F3N2O2/c1-13(2,3)11(20)19-10-6-4-5-9(7-10)8-18-12(21)14(15,16)17/h4-7H,8H2,1-3H3,(H,18,21)(H,19,20). The van der Waals surface area contributed by atoms with Gasteiger partial charge in [0.05, 0.1) is 0 Å². The predicted molar refractivity (Wildman–Crippen MR) is 72.4 cm³/mol. The van der Waals surface area contributed by atoms with Crippen LogP contribution in [0.3, 0.4) is 0 Å². The Morgan fingerprint density at radius 3 is 2.24 bits per heavy atom. The first-order valence-corrected chi connectivity index (χ1v) is 6.25. The van der Waals surface area contributed by atoms with Crippen molar-refractivity contribution in [2.24, 2.45) is 5.41 Å². The van der Waals surface area contributed by atoms with Gasteiger partial charge in [-0.05, 0) is 17.7 Å². The molecule has 0 aliphatic carbocycles. The summed E-state index contributed by atoms with van der Waals surface area (Å²) < 4.78 is 36.2. The van der Waals surface area contributed by atoms with Gasteiger partial charge in [0.2, 0.25) is 5.91 Å². The number of halogens is 3. The maximum atomic E-state index is 12.1. The number of amides is 2. The van der Waals surface area contributed by atoms with Crippen LogP contribution in [0.5, 0.6) is 0 Å². The molecule has 0 saturated heterocycles. The topological polar surface area (TPSA) is 58.2 Å². The zero-order chi connectivity index (χ0) is 16.3. The first-order valence-electron chi connectivity index (χ1n) is 6.25. The first-order chi connectivity index (χ1) is 9.50. The van der Waals surface area contributed by atoms with Gasteiger partial charge in [-0.3, -0.25) is 9.59 Å². The Bertz CT molecular complexity index is 534.